The quantitative estimate of drug-likeness (QED) is 0.669. The molecule has 0 saturated heterocycles. The molecule has 4 aliphatic carbocycles. The monoisotopic (exact) mass is 342 g/mol. The molecule has 4 rings (SSSR count). The van der Waals surface area contributed by atoms with Crippen LogP contribution in [-0.2, 0) is 9.47 Å². The molecule has 0 atom stereocenters. The van der Waals surface area contributed by atoms with Gasteiger partial charge < -0.3 is 9.47 Å². The third kappa shape index (κ3) is 2.99. The van der Waals surface area contributed by atoms with E-state index in [4.69, 9.17) is 9.47 Å². The number of methoxy groups -OCH3 is 2. The Morgan fingerprint density at radius 3 is 1.42 bits per heavy atom. The smallest absolute Gasteiger partial charge is 0.122 e. The van der Waals surface area contributed by atoms with Gasteiger partial charge in [0.05, 0.1) is 14.2 Å². The fourth-order valence-electron chi connectivity index (χ4n) is 3.73. The molecule has 2 heteroatoms. The SMILES string of the molecule is COC1=C2C=CC=C(C3=CC=CC4=C(OC)C=CC=C3C4)C(=CC=C1)C2. The van der Waals surface area contributed by atoms with Crippen LogP contribution in [0, 0.1) is 0 Å². The highest BCUT2D eigenvalue weighted by Gasteiger charge is 2.21. The number of rotatable bonds is 3. The number of allylic oxidation sites excluding steroid dienone is 18. The second-order valence-electron chi connectivity index (χ2n) is 6.52. The van der Waals surface area contributed by atoms with E-state index in [1.165, 1.54) is 33.4 Å². The van der Waals surface area contributed by atoms with E-state index in [1.807, 2.05) is 12.2 Å². The Morgan fingerprint density at radius 2 is 1.00 bits per heavy atom. The van der Waals surface area contributed by atoms with Gasteiger partial charge in [-0.3, -0.25) is 0 Å². The van der Waals surface area contributed by atoms with Gasteiger partial charge in [0.1, 0.15) is 11.5 Å². The molecule has 26 heavy (non-hydrogen) atoms. The van der Waals surface area contributed by atoms with E-state index in [2.05, 4.69) is 60.8 Å². The lowest BCUT2D eigenvalue weighted by Crippen LogP contribution is -1.99. The highest BCUT2D eigenvalue weighted by Crippen LogP contribution is 2.38. The maximum absolute atomic E-state index is 5.54. The zero-order chi connectivity index (χ0) is 17.9. The van der Waals surface area contributed by atoms with Crippen LogP contribution in [0.1, 0.15) is 12.8 Å². The molecule has 0 spiro atoms. The Bertz CT molecular complexity index is 857. The summed E-state index contributed by atoms with van der Waals surface area (Å²) in [6, 6.07) is 0. The molecular formula is C24H22O2. The summed E-state index contributed by atoms with van der Waals surface area (Å²) in [4.78, 5) is 0. The van der Waals surface area contributed by atoms with E-state index >= 15 is 0 Å². The van der Waals surface area contributed by atoms with E-state index in [0.29, 0.717) is 0 Å². The van der Waals surface area contributed by atoms with Crippen molar-refractivity contribution in [3.05, 3.63) is 118 Å². The molecule has 0 saturated carbocycles. The Kier molecular flexibility index (Phi) is 4.49. The first-order chi connectivity index (χ1) is 12.8. The molecule has 4 bridgehead atoms. The maximum Gasteiger partial charge on any atom is 0.122 e. The molecule has 0 unspecified atom stereocenters. The molecule has 0 aromatic carbocycles. The highest BCUT2D eigenvalue weighted by molar-refractivity contribution is 5.65. The second kappa shape index (κ2) is 7.09. The summed E-state index contributed by atoms with van der Waals surface area (Å²) in [5.74, 6) is 1.87. The fraction of sp³-hybridized carbons (Fsp3) is 0.167. The number of hydrogen-bond donors (Lipinski definition) is 0. The third-order valence-corrected chi connectivity index (χ3v) is 5.03. The van der Waals surface area contributed by atoms with Crippen molar-refractivity contribution >= 4 is 0 Å². The van der Waals surface area contributed by atoms with E-state index in [0.717, 1.165) is 24.4 Å². The second-order valence-corrected chi connectivity index (χ2v) is 6.52. The molecule has 130 valence electrons. The van der Waals surface area contributed by atoms with Crippen LogP contribution in [-0.4, -0.2) is 14.2 Å². The summed E-state index contributed by atoms with van der Waals surface area (Å²) >= 11 is 0. The van der Waals surface area contributed by atoms with E-state index < -0.39 is 0 Å². The minimum atomic E-state index is 0.870. The van der Waals surface area contributed by atoms with E-state index in [9.17, 15) is 0 Å². The first kappa shape index (κ1) is 16.5. The normalized spacial score (nSPS) is 21.2. The largest absolute Gasteiger partial charge is 0.496 e. The Morgan fingerprint density at radius 1 is 0.577 bits per heavy atom. The van der Waals surface area contributed by atoms with E-state index in [1.54, 1.807) is 14.2 Å². The van der Waals surface area contributed by atoms with Crippen LogP contribution in [0.3, 0.4) is 0 Å². The zero-order valence-electron chi connectivity index (χ0n) is 15.2. The molecule has 0 fully saturated rings. The van der Waals surface area contributed by atoms with Gasteiger partial charge in [-0.15, -0.1) is 0 Å². The Hall–Kier alpha value is -3.00. The van der Waals surface area contributed by atoms with Crippen LogP contribution < -0.4 is 0 Å². The van der Waals surface area contributed by atoms with Crippen LogP contribution in [0.4, 0.5) is 0 Å². The van der Waals surface area contributed by atoms with Crippen molar-refractivity contribution in [3.63, 3.8) is 0 Å². The van der Waals surface area contributed by atoms with Crippen LogP contribution in [0.15, 0.2) is 118 Å². The lowest BCUT2D eigenvalue weighted by molar-refractivity contribution is 0.303. The Balaban J connectivity index is 1.76. The van der Waals surface area contributed by atoms with Crippen molar-refractivity contribution in [1.29, 1.82) is 0 Å². The van der Waals surface area contributed by atoms with Crippen LogP contribution in [0.5, 0.6) is 0 Å². The lowest BCUT2D eigenvalue weighted by atomic mass is 9.87. The fourth-order valence-corrected chi connectivity index (χ4v) is 3.73. The van der Waals surface area contributed by atoms with Gasteiger partial charge in [0.15, 0.2) is 0 Å². The van der Waals surface area contributed by atoms with Crippen molar-refractivity contribution in [2.75, 3.05) is 14.2 Å². The van der Waals surface area contributed by atoms with Gasteiger partial charge in [0.2, 0.25) is 0 Å². The molecule has 4 aliphatic rings. The molecule has 0 heterocycles. The molecule has 0 amide bonds. The molecule has 2 nitrogen and oxygen atoms in total. The van der Waals surface area contributed by atoms with Crippen LogP contribution in [0.2, 0.25) is 0 Å². The molecule has 0 aromatic heterocycles. The zero-order valence-corrected chi connectivity index (χ0v) is 15.2. The van der Waals surface area contributed by atoms with Crippen molar-refractivity contribution in [2.24, 2.45) is 0 Å². The summed E-state index contributed by atoms with van der Waals surface area (Å²) in [7, 11) is 3.46. The van der Waals surface area contributed by atoms with E-state index in [-0.39, 0.29) is 0 Å². The third-order valence-electron chi connectivity index (χ3n) is 5.03. The molecule has 0 N–H and O–H groups in total. The summed E-state index contributed by atoms with van der Waals surface area (Å²) in [6.45, 7) is 0. The highest BCUT2D eigenvalue weighted by atomic mass is 16.5. The Labute approximate surface area is 154 Å². The van der Waals surface area contributed by atoms with Gasteiger partial charge in [0.25, 0.3) is 0 Å². The van der Waals surface area contributed by atoms with Gasteiger partial charge >= 0.3 is 0 Å². The molecule has 0 aromatic rings. The first-order valence-corrected chi connectivity index (χ1v) is 8.87. The predicted molar refractivity (Wildman–Crippen MR) is 106 cm³/mol. The topological polar surface area (TPSA) is 18.5 Å². The summed E-state index contributed by atoms with van der Waals surface area (Å²) in [5.41, 5.74) is 7.57. The molecule has 0 aliphatic heterocycles. The van der Waals surface area contributed by atoms with Crippen LogP contribution in [0.25, 0.3) is 0 Å². The lowest BCUT2D eigenvalue weighted by Gasteiger charge is -2.17. The van der Waals surface area contributed by atoms with Crippen molar-refractivity contribution in [1.82, 2.24) is 0 Å². The van der Waals surface area contributed by atoms with Crippen molar-refractivity contribution < 1.29 is 9.47 Å². The van der Waals surface area contributed by atoms with Gasteiger partial charge in [0, 0.05) is 12.8 Å². The first-order valence-electron chi connectivity index (χ1n) is 8.87. The van der Waals surface area contributed by atoms with Gasteiger partial charge in [-0.2, -0.15) is 0 Å². The predicted octanol–water partition coefficient (Wildman–Crippen LogP) is 5.55. The van der Waals surface area contributed by atoms with Crippen molar-refractivity contribution in [2.45, 2.75) is 12.8 Å². The number of fused-ring (bicyclic) bond motifs is 4. The number of ether oxygens (including phenoxy) is 2. The van der Waals surface area contributed by atoms with Gasteiger partial charge in [-0.25, -0.2) is 0 Å². The summed E-state index contributed by atoms with van der Waals surface area (Å²) in [6.07, 6.45) is 27.4. The molecular weight excluding hydrogens is 320 g/mol. The maximum atomic E-state index is 5.54. The van der Waals surface area contributed by atoms with Crippen LogP contribution >= 0.6 is 0 Å². The summed E-state index contributed by atoms with van der Waals surface area (Å²) < 4.78 is 11.1. The van der Waals surface area contributed by atoms with Gasteiger partial charge in [-0.1, -0.05) is 60.8 Å². The molecule has 0 radical (unpaired) electrons. The summed E-state index contributed by atoms with van der Waals surface area (Å²) in [5, 5.41) is 0. The average Bonchev–Trinajstić information content (AvgIpc) is 3.15. The number of hydrogen-bond acceptors (Lipinski definition) is 2. The minimum Gasteiger partial charge on any atom is -0.496 e. The van der Waals surface area contributed by atoms with Crippen molar-refractivity contribution in [3.8, 4) is 0 Å². The van der Waals surface area contributed by atoms with Gasteiger partial charge in [-0.05, 0) is 45.6 Å². The standard InChI is InChI=1S/C24H22O2/c1-25-23-13-5-7-17-15-19(23)9-3-11-21(17)22-12-4-10-20-16-18(22)8-6-14-24(20)26-2/h3-14H,15-16H2,1-2H3. The minimum absolute atomic E-state index is 0.870. The average molecular weight is 342 g/mol.